The Bertz CT molecular complexity index is 423. The van der Waals surface area contributed by atoms with Gasteiger partial charge in [-0.25, -0.2) is 0 Å². The van der Waals surface area contributed by atoms with Gasteiger partial charge < -0.3 is 5.73 Å². The predicted molar refractivity (Wildman–Crippen MR) is 63.8 cm³/mol. The van der Waals surface area contributed by atoms with Crippen LogP contribution in [-0.4, -0.2) is 16.7 Å². The SMILES string of the molecule is CC(c1ccc(CN)cc1)N1C(=O)CCC1=O. The molecule has 17 heavy (non-hydrogen) atoms. The Balaban J connectivity index is 2.21. The van der Waals surface area contributed by atoms with E-state index in [1.807, 2.05) is 31.2 Å². The molecular weight excluding hydrogens is 216 g/mol. The van der Waals surface area contributed by atoms with Crippen LogP contribution < -0.4 is 5.73 Å². The maximum absolute atomic E-state index is 11.6. The molecule has 1 aliphatic rings. The molecule has 2 rings (SSSR count). The van der Waals surface area contributed by atoms with Gasteiger partial charge in [-0.2, -0.15) is 0 Å². The van der Waals surface area contributed by atoms with Crippen molar-refractivity contribution >= 4 is 11.8 Å². The van der Waals surface area contributed by atoms with Crippen molar-refractivity contribution in [3.05, 3.63) is 35.4 Å². The number of hydrogen-bond donors (Lipinski definition) is 1. The number of carbonyl (C=O) groups is 2. The van der Waals surface area contributed by atoms with Gasteiger partial charge in [-0.3, -0.25) is 14.5 Å². The molecule has 1 atom stereocenters. The van der Waals surface area contributed by atoms with Crippen molar-refractivity contribution in [1.82, 2.24) is 4.90 Å². The van der Waals surface area contributed by atoms with Gasteiger partial charge in [0.15, 0.2) is 0 Å². The molecule has 0 aliphatic carbocycles. The number of likely N-dealkylation sites (tertiary alicyclic amines) is 1. The highest BCUT2D eigenvalue weighted by Crippen LogP contribution is 2.26. The quantitative estimate of drug-likeness (QED) is 0.800. The van der Waals surface area contributed by atoms with Crippen molar-refractivity contribution in [2.24, 2.45) is 5.73 Å². The predicted octanol–water partition coefficient (Wildman–Crippen LogP) is 1.36. The zero-order chi connectivity index (χ0) is 12.4. The molecule has 0 bridgehead atoms. The molecule has 2 amide bonds. The molecule has 0 radical (unpaired) electrons. The molecule has 90 valence electrons. The minimum absolute atomic E-state index is 0.0783. The molecule has 2 N–H and O–H groups in total. The second-order valence-electron chi connectivity index (χ2n) is 4.28. The minimum Gasteiger partial charge on any atom is -0.326 e. The Morgan fingerprint density at radius 3 is 2.18 bits per heavy atom. The maximum Gasteiger partial charge on any atom is 0.230 e. The second kappa shape index (κ2) is 4.67. The van der Waals surface area contributed by atoms with Gasteiger partial charge >= 0.3 is 0 Å². The van der Waals surface area contributed by atoms with Crippen molar-refractivity contribution in [2.45, 2.75) is 32.4 Å². The molecule has 1 aromatic rings. The number of hydrogen-bond acceptors (Lipinski definition) is 3. The van der Waals surface area contributed by atoms with Gasteiger partial charge in [0.2, 0.25) is 11.8 Å². The fraction of sp³-hybridized carbons (Fsp3) is 0.385. The van der Waals surface area contributed by atoms with Crippen molar-refractivity contribution in [3.8, 4) is 0 Å². The summed E-state index contributed by atoms with van der Waals surface area (Å²) in [4.78, 5) is 24.6. The Kier molecular flexibility index (Phi) is 3.24. The van der Waals surface area contributed by atoms with Crippen LogP contribution >= 0.6 is 0 Å². The minimum atomic E-state index is -0.190. The van der Waals surface area contributed by atoms with Crippen molar-refractivity contribution in [3.63, 3.8) is 0 Å². The smallest absolute Gasteiger partial charge is 0.230 e. The van der Waals surface area contributed by atoms with Gasteiger partial charge in [0.1, 0.15) is 0 Å². The van der Waals surface area contributed by atoms with E-state index in [4.69, 9.17) is 5.73 Å². The summed E-state index contributed by atoms with van der Waals surface area (Å²) in [7, 11) is 0. The fourth-order valence-corrected chi connectivity index (χ4v) is 2.11. The molecule has 4 heteroatoms. The molecule has 1 heterocycles. The van der Waals surface area contributed by atoms with Crippen LogP contribution in [0.3, 0.4) is 0 Å². The standard InChI is InChI=1S/C13H16N2O2/c1-9(15-12(16)6-7-13(15)17)11-4-2-10(8-14)3-5-11/h2-5,9H,6-8,14H2,1H3. The topological polar surface area (TPSA) is 63.4 Å². The number of amides is 2. The van der Waals surface area contributed by atoms with E-state index >= 15 is 0 Å². The van der Waals surface area contributed by atoms with Crippen molar-refractivity contribution < 1.29 is 9.59 Å². The Hall–Kier alpha value is -1.68. The first kappa shape index (κ1) is 11.8. The lowest BCUT2D eigenvalue weighted by Crippen LogP contribution is -2.31. The van der Waals surface area contributed by atoms with E-state index in [9.17, 15) is 9.59 Å². The van der Waals surface area contributed by atoms with E-state index in [1.165, 1.54) is 4.90 Å². The molecule has 0 aromatic heterocycles. The third kappa shape index (κ3) is 2.22. The van der Waals surface area contributed by atoms with E-state index in [2.05, 4.69) is 0 Å². The average molecular weight is 232 g/mol. The van der Waals surface area contributed by atoms with Crippen LogP contribution in [0.15, 0.2) is 24.3 Å². The first-order valence-electron chi connectivity index (χ1n) is 5.77. The third-order valence-electron chi connectivity index (χ3n) is 3.18. The monoisotopic (exact) mass is 232 g/mol. The molecule has 4 nitrogen and oxygen atoms in total. The molecule has 0 saturated carbocycles. The summed E-state index contributed by atoms with van der Waals surface area (Å²) in [5.41, 5.74) is 7.53. The van der Waals surface area contributed by atoms with Gasteiger partial charge in [0.05, 0.1) is 6.04 Å². The highest BCUT2D eigenvalue weighted by molar-refractivity contribution is 6.02. The summed E-state index contributed by atoms with van der Waals surface area (Å²) in [6.45, 7) is 2.37. The van der Waals surface area contributed by atoms with Gasteiger partial charge in [-0.15, -0.1) is 0 Å². The van der Waals surface area contributed by atoms with Crippen LogP contribution in [0.25, 0.3) is 0 Å². The van der Waals surface area contributed by atoms with E-state index in [0.717, 1.165) is 11.1 Å². The Morgan fingerprint density at radius 2 is 1.71 bits per heavy atom. The Labute approximate surface area is 100 Å². The summed E-state index contributed by atoms with van der Waals surface area (Å²) < 4.78 is 0. The van der Waals surface area contributed by atoms with E-state index < -0.39 is 0 Å². The van der Waals surface area contributed by atoms with E-state index in [0.29, 0.717) is 19.4 Å². The summed E-state index contributed by atoms with van der Waals surface area (Å²) in [5, 5.41) is 0. The van der Waals surface area contributed by atoms with Crippen LogP contribution in [0, 0.1) is 0 Å². The normalized spacial score (nSPS) is 17.6. The molecule has 1 aliphatic heterocycles. The van der Waals surface area contributed by atoms with E-state index in [-0.39, 0.29) is 17.9 Å². The van der Waals surface area contributed by atoms with Gasteiger partial charge in [-0.05, 0) is 18.1 Å². The van der Waals surface area contributed by atoms with Crippen molar-refractivity contribution in [2.75, 3.05) is 0 Å². The maximum atomic E-state index is 11.6. The molecule has 0 spiro atoms. The average Bonchev–Trinajstić information content (AvgIpc) is 2.68. The highest BCUT2D eigenvalue weighted by Gasteiger charge is 2.33. The summed E-state index contributed by atoms with van der Waals surface area (Å²) in [5.74, 6) is -0.157. The fourth-order valence-electron chi connectivity index (χ4n) is 2.11. The highest BCUT2D eigenvalue weighted by atomic mass is 16.2. The molecule has 1 unspecified atom stereocenters. The summed E-state index contributed by atoms with van der Waals surface area (Å²) in [6, 6.07) is 7.51. The molecule has 1 aromatic carbocycles. The van der Waals surface area contributed by atoms with Crippen molar-refractivity contribution in [1.29, 1.82) is 0 Å². The summed E-state index contributed by atoms with van der Waals surface area (Å²) >= 11 is 0. The zero-order valence-corrected chi connectivity index (χ0v) is 9.85. The number of benzene rings is 1. The third-order valence-corrected chi connectivity index (χ3v) is 3.18. The van der Waals surface area contributed by atoms with Crippen LogP contribution in [0.1, 0.15) is 36.9 Å². The number of nitrogens with zero attached hydrogens (tertiary/aromatic N) is 1. The van der Waals surface area contributed by atoms with Crippen LogP contribution in [0.2, 0.25) is 0 Å². The lowest BCUT2D eigenvalue weighted by atomic mass is 10.1. The lowest BCUT2D eigenvalue weighted by molar-refractivity contribution is -0.140. The van der Waals surface area contributed by atoms with Gasteiger partial charge in [0.25, 0.3) is 0 Å². The Morgan fingerprint density at radius 1 is 1.18 bits per heavy atom. The molecule has 1 fully saturated rings. The van der Waals surface area contributed by atoms with Crippen LogP contribution in [0.5, 0.6) is 0 Å². The number of imide groups is 1. The summed E-state index contributed by atoms with van der Waals surface area (Å²) in [6.07, 6.45) is 0.675. The van der Waals surface area contributed by atoms with Crippen LogP contribution in [-0.2, 0) is 16.1 Å². The largest absolute Gasteiger partial charge is 0.326 e. The molecular formula is C13H16N2O2. The lowest BCUT2D eigenvalue weighted by Gasteiger charge is -2.22. The van der Waals surface area contributed by atoms with Gasteiger partial charge in [0, 0.05) is 19.4 Å². The van der Waals surface area contributed by atoms with Crippen LogP contribution in [0.4, 0.5) is 0 Å². The first-order chi connectivity index (χ1) is 8.13. The number of carbonyl (C=O) groups excluding carboxylic acids is 2. The second-order valence-corrected chi connectivity index (χ2v) is 4.28. The number of nitrogens with two attached hydrogens (primary N) is 1. The molecule has 1 saturated heterocycles. The zero-order valence-electron chi connectivity index (χ0n) is 9.85. The van der Waals surface area contributed by atoms with Gasteiger partial charge in [-0.1, -0.05) is 24.3 Å². The first-order valence-corrected chi connectivity index (χ1v) is 5.77. The number of rotatable bonds is 3. The van der Waals surface area contributed by atoms with E-state index in [1.54, 1.807) is 0 Å².